The lowest BCUT2D eigenvalue weighted by atomic mass is 9.62. The largest absolute Gasteiger partial charge is 0.339 e. The zero-order valence-electron chi connectivity index (χ0n) is 12.4. The van der Waals surface area contributed by atoms with Crippen LogP contribution in [0.2, 0.25) is 0 Å². The molecule has 0 N–H and O–H groups in total. The number of carbonyl (C=O) groups is 2. The van der Waals surface area contributed by atoms with Crippen LogP contribution in [0.5, 0.6) is 0 Å². The van der Waals surface area contributed by atoms with Crippen molar-refractivity contribution < 1.29 is 9.59 Å². The molecule has 0 atom stereocenters. The molecular formula is C18H18N2O2. The highest BCUT2D eigenvalue weighted by Gasteiger charge is 2.45. The van der Waals surface area contributed by atoms with Gasteiger partial charge in [0.1, 0.15) is 5.78 Å². The van der Waals surface area contributed by atoms with E-state index in [9.17, 15) is 9.59 Å². The Hall–Kier alpha value is -2.23. The Morgan fingerprint density at radius 3 is 2.64 bits per heavy atom. The van der Waals surface area contributed by atoms with Gasteiger partial charge >= 0.3 is 0 Å². The van der Waals surface area contributed by atoms with Crippen molar-refractivity contribution in [3.8, 4) is 0 Å². The maximum atomic E-state index is 12.8. The monoisotopic (exact) mass is 294 g/mol. The minimum Gasteiger partial charge on any atom is -0.339 e. The first-order valence-corrected chi connectivity index (χ1v) is 7.81. The average Bonchev–Trinajstić information content (AvgIpc) is 2.53. The van der Waals surface area contributed by atoms with Gasteiger partial charge in [0, 0.05) is 49.3 Å². The summed E-state index contributed by atoms with van der Waals surface area (Å²) in [6.07, 6.45) is 6.86. The minimum absolute atomic E-state index is 0.0947. The molecule has 4 nitrogen and oxygen atoms in total. The lowest BCUT2D eigenvalue weighted by Gasteiger charge is -2.46. The number of aromatic nitrogens is 1. The summed E-state index contributed by atoms with van der Waals surface area (Å²) < 4.78 is 0. The molecule has 4 heteroatoms. The molecule has 112 valence electrons. The van der Waals surface area contributed by atoms with Gasteiger partial charge in [-0.25, -0.2) is 0 Å². The highest BCUT2D eigenvalue weighted by atomic mass is 16.2. The summed E-state index contributed by atoms with van der Waals surface area (Å²) in [6.45, 7) is 1.52. The third-order valence-electron chi connectivity index (χ3n) is 5.17. The van der Waals surface area contributed by atoms with Crippen LogP contribution in [0.4, 0.5) is 0 Å². The number of rotatable bonds is 1. The van der Waals surface area contributed by atoms with Crippen LogP contribution in [-0.2, 0) is 4.79 Å². The fourth-order valence-corrected chi connectivity index (χ4v) is 3.80. The number of likely N-dealkylation sites (tertiary alicyclic amines) is 1. The normalized spacial score (nSPS) is 20.2. The minimum atomic E-state index is 0.0947. The van der Waals surface area contributed by atoms with E-state index in [1.807, 2.05) is 29.2 Å². The van der Waals surface area contributed by atoms with Crippen molar-refractivity contribution in [3.63, 3.8) is 0 Å². The summed E-state index contributed by atoms with van der Waals surface area (Å²) in [5.41, 5.74) is 0.955. The predicted molar refractivity (Wildman–Crippen MR) is 83.6 cm³/mol. The Morgan fingerprint density at radius 2 is 1.91 bits per heavy atom. The molecule has 1 aromatic heterocycles. The first-order chi connectivity index (χ1) is 10.7. The van der Waals surface area contributed by atoms with Crippen LogP contribution < -0.4 is 0 Å². The molecule has 22 heavy (non-hydrogen) atoms. The zero-order valence-corrected chi connectivity index (χ0v) is 12.4. The molecule has 2 aliphatic rings. The fraction of sp³-hybridized carbons (Fsp3) is 0.389. The van der Waals surface area contributed by atoms with Crippen LogP contribution in [0.15, 0.2) is 36.7 Å². The molecule has 1 spiro atoms. The second-order valence-corrected chi connectivity index (χ2v) is 6.59. The molecule has 1 aliphatic carbocycles. The Labute approximate surface area is 129 Å². The number of nitrogens with zero attached hydrogens (tertiary/aromatic N) is 2. The summed E-state index contributed by atoms with van der Waals surface area (Å²) in [6, 6.07) is 7.68. The van der Waals surface area contributed by atoms with Gasteiger partial charge in [-0.3, -0.25) is 14.6 Å². The van der Waals surface area contributed by atoms with E-state index in [4.69, 9.17) is 0 Å². The van der Waals surface area contributed by atoms with E-state index in [0.29, 0.717) is 5.78 Å². The van der Waals surface area contributed by atoms with Crippen molar-refractivity contribution >= 4 is 22.5 Å². The van der Waals surface area contributed by atoms with E-state index in [-0.39, 0.29) is 11.3 Å². The van der Waals surface area contributed by atoms with E-state index in [2.05, 4.69) is 4.98 Å². The van der Waals surface area contributed by atoms with Crippen molar-refractivity contribution in [2.24, 2.45) is 5.41 Å². The average molecular weight is 294 g/mol. The summed E-state index contributed by atoms with van der Waals surface area (Å²) >= 11 is 0. The van der Waals surface area contributed by atoms with Crippen LogP contribution in [0, 0.1) is 5.41 Å². The number of benzene rings is 1. The molecule has 0 bridgehead atoms. The number of pyridine rings is 1. The molecule has 2 heterocycles. The van der Waals surface area contributed by atoms with Gasteiger partial charge < -0.3 is 4.90 Å². The second kappa shape index (κ2) is 4.90. The smallest absolute Gasteiger partial charge is 0.254 e. The number of Topliss-reactive ketones (excluding diaryl/α,β-unsaturated/α-hetero) is 1. The molecule has 0 radical (unpaired) electrons. The van der Waals surface area contributed by atoms with Crippen LogP contribution in [-0.4, -0.2) is 34.7 Å². The third-order valence-corrected chi connectivity index (χ3v) is 5.17. The van der Waals surface area contributed by atoms with Gasteiger partial charge in [0.15, 0.2) is 0 Å². The lowest BCUT2D eigenvalue weighted by molar-refractivity contribution is -0.135. The quantitative estimate of drug-likeness (QED) is 0.812. The van der Waals surface area contributed by atoms with E-state index in [0.717, 1.165) is 55.1 Å². The van der Waals surface area contributed by atoms with Crippen molar-refractivity contribution in [1.29, 1.82) is 0 Å². The molecule has 1 amide bonds. The number of carbonyl (C=O) groups excluding carboxylic acids is 2. The van der Waals surface area contributed by atoms with Gasteiger partial charge in [-0.05, 0) is 35.8 Å². The predicted octanol–water partition coefficient (Wildman–Crippen LogP) is 2.82. The Balaban J connectivity index is 1.56. The van der Waals surface area contributed by atoms with Crippen molar-refractivity contribution in [2.45, 2.75) is 25.7 Å². The SMILES string of the molecule is O=C1CC2(CCN(C(=O)c3cccc4cnccc34)CC2)C1. The third kappa shape index (κ3) is 2.10. The highest BCUT2D eigenvalue weighted by Crippen LogP contribution is 2.46. The maximum Gasteiger partial charge on any atom is 0.254 e. The topological polar surface area (TPSA) is 50.3 Å². The molecule has 1 saturated heterocycles. The zero-order chi connectivity index (χ0) is 15.2. The van der Waals surface area contributed by atoms with Crippen molar-refractivity contribution in [1.82, 2.24) is 9.88 Å². The highest BCUT2D eigenvalue weighted by molar-refractivity contribution is 6.06. The van der Waals surface area contributed by atoms with Gasteiger partial charge in [0.2, 0.25) is 0 Å². The molecule has 1 saturated carbocycles. The first kappa shape index (κ1) is 13.4. The summed E-state index contributed by atoms with van der Waals surface area (Å²) in [5, 5.41) is 1.95. The van der Waals surface area contributed by atoms with Crippen molar-refractivity contribution in [2.75, 3.05) is 13.1 Å². The number of piperidine rings is 1. The molecule has 1 aliphatic heterocycles. The van der Waals surface area contributed by atoms with E-state index in [1.165, 1.54) is 0 Å². The standard InChI is InChI=1S/C18H18N2O2/c21-14-10-18(11-14)5-8-20(9-6-18)17(22)16-3-1-2-13-12-19-7-4-15(13)16/h1-4,7,12H,5-6,8-11H2. The molecule has 2 aromatic rings. The van der Waals surface area contributed by atoms with E-state index >= 15 is 0 Å². The van der Waals surface area contributed by atoms with Gasteiger partial charge in [0.05, 0.1) is 0 Å². The lowest BCUT2D eigenvalue weighted by Crippen LogP contribution is -2.49. The first-order valence-electron chi connectivity index (χ1n) is 7.81. The Morgan fingerprint density at radius 1 is 1.14 bits per heavy atom. The van der Waals surface area contributed by atoms with Crippen LogP contribution >= 0.6 is 0 Å². The number of fused-ring (bicyclic) bond motifs is 1. The summed E-state index contributed by atoms with van der Waals surface area (Å²) in [4.78, 5) is 30.2. The molecule has 1 aromatic carbocycles. The van der Waals surface area contributed by atoms with Gasteiger partial charge in [-0.15, -0.1) is 0 Å². The summed E-state index contributed by atoms with van der Waals surface area (Å²) in [5.74, 6) is 0.471. The second-order valence-electron chi connectivity index (χ2n) is 6.59. The number of hydrogen-bond donors (Lipinski definition) is 0. The summed E-state index contributed by atoms with van der Waals surface area (Å²) in [7, 11) is 0. The molecule has 0 unspecified atom stereocenters. The van der Waals surface area contributed by atoms with Gasteiger partial charge in [-0.1, -0.05) is 12.1 Å². The van der Waals surface area contributed by atoms with E-state index < -0.39 is 0 Å². The number of ketones is 1. The Kier molecular flexibility index (Phi) is 2.99. The van der Waals surface area contributed by atoms with Crippen LogP contribution in [0.3, 0.4) is 0 Å². The van der Waals surface area contributed by atoms with Crippen molar-refractivity contribution in [3.05, 3.63) is 42.2 Å². The number of hydrogen-bond acceptors (Lipinski definition) is 3. The number of amides is 1. The van der Waals surface area contributed by atoms with Crippen LogP contribution in [0.1, 0.15) is 36.0 Å². The molecular weight excluding hydrogens is 276 g/mol. The van der Waals surface area contributed by atoms with E-state index in [1.54, 1.807) is 12.4 Å². The van der Waals surface area contributed by atoms with Gasteiger partial charge in [-0.2, -0.15) is 0 Å². The molecule has 4 rings (SSSR count). The van der Waals surface area contributed by atoms with Crippen LogP contribution in [0.25, 0.3) is 10.8 Å². The molecule has 2 fully saturated rings. The fourth-order valence-electron chi connectivity index (χ4n) is 3.80. The Bertz CT molecular complexity index is 745. The maximum absolute atomic E-state index is 12.8. The van der Waals surface area contributed by atoms with Gasteiger partial charge in [0.25, 0.3) is 5.91 Å².